The van der Waals surface area contributed by atoms with Crippen LogP contribution in [0.4, 0.5) is 0 Å². The second-order valence-electron chi connectivity index (χ2n) is 5.14. The molecule has 3 aromatic rings. The summed E-state index contributed by atoms with van der Waals surface area (Å²) in [6, 6.07) is 4.50. The monoisotopic (exact) mass is 438 g/mol. The summed E-state index contributed by atoms with van der Waals surface area (Å²) in [6.45, 7) is 2.16. The molecule has 0 unspecified atom stereocenters. The van der Waals surface area contributed by atoms with Crippen LogP contribution in [0.25, 0.3) is 4.96 Å². The van der Waals surface area contributed by atoms with Crippen LogP contribution in [0.1, 0.15) is 23.0 Å². The Bertz CT molecular complexity index is 1010. The van der Waals surface area contributed by atoms with Crippen LogP contribution in [0.5, 0.6) is 11.5 Å². The maximum absolute atomic E-state index is 12.4. The average Bonchev–Trinajstić information content (AvgIpc) is 3.09. The summed E-state index contributed by atoms with van der Waals surface area (Å²) >= 11 is 4.69. The van der Waals surface area contributed by atoms with Crippen LogP contribution in [-0.2, 0) is 11.3 Å². The Labute approximate surface area is 161 Å². The first-order valence-corrected chi connectivity index (χ1v) is 9.34. The lowest BCUT2D eigenvalue weighted by Crippen LogP contribution is -2.14. The van der Waals surface area contributed by atoms with Crippen molar-refractivity contribution in [3.8, 4) is 11.5 Å². The van der Waals surface area contributed by atoms with Crippen LogP contribution in [-0.4, -0.2) is 29.1 Å². The summed E-state index contributed by atoms with van der Waals surface area (Å²) in [5.41, 5.74) is 0.478. The summed E-state index contributed by atoms with van der Waals surface area (Å²) < 4.78 is 18.1. The van der Waals surface area contributed by atoms with E-state index < -0.39 is 5.97 Å². The number of hydrogen-bond acceptors (Lipinski definition) is 7. The number of halogens is 1. The molecule has 0 aliphatic carbocycles. The third kappa shape index (κ3) is 3.73. The minimum atomic E-state index is -0.553. The molecule has 0 atom stereocenters. The number of methoxy groups -OCH3 is 1. The first-order chi connectivity index (χ1) is 12.5. The molecule has 0 fully saturated rings. The number of fused-ring (bicyclic) bond motifs is 1. The molecule has 1 aromatic carbocycles. The fourth-order valence-electron chi connectivity index (χ4n) is 2.33. The lowest BCUT2D eigenvalue weighted by molar-refractivity contribution is 0.0467. The van der Waals surface area contributed by atoms with Gasteiger partial charge in [-0.1, -0.05) is 0 Å². The van der Waals surface area contributed by atoms with Crippen molar-refractivity contribution in [1.29, 1.82) is 0 Å². The maximum Gasteiger partial charge on any atom is 0.338 e. The number of hydrogen-bond donors (Lipinski definition) is 0. The van der Waals surface area contributed by atoms with Gasteiger partial charge in [-0.05, 0) is 35.0 Å². The fraction of sp³-hybridized carbons (Fsp3) is 0.235. The van der Waals surface area contributed by atoms with Gasteiger partial charge < -0.3 is 14.2 Å². The molecule has 0 saturated carbocycles. The molecule has 0 N–H and O–H groups in total. The van der Waals surface area contributed by atoms with Gasteiger partial charge in [0, 0.05) is 17.6 Å². The maximum atomic E-state index is 12.4. The van der Waals surface area contributed by atoms with Crippen molar-refractivity contribution >= 4 is 38.2 Å². The van der Waals surface area contributed by atoms with E-state index in [1.54, 1.807) is 23.7 Å². The van der Waals surface area contributed by atoms with Gasteiger partial charge in [-0.2, -0.15) is 0 Å². The molecule has 7 nitrogen and oxygen atoms in total. The molecule has 0 aliphatic rings. The van der Waals surface area contributed by atoms with Crippen molar-refractivity contribution in [3.63, 3.8) is 0 Å². The minimum Gasteiger partial charge on any atom is -0.492 e. The van der Waals surface area contributed by atoms with Crippen LogP contribution < -0.4 is 15.0 Å². The van der Waals surface area contributed by atoms with Gasteiger partial charge >= 0.3 is 5.97 Å². The molecule has 136 valence electrons. The van der Waals surface area contributed by atoms with E-state index in [1.807, 2.05) is 6.92 Å². The predicted molar refractivity (Wildman–Crippen MR) is 100 cm³/mol. The van der Waals surface area contributed by atoms with Crippen molar-refractivity contribution in [1.82, 2.24) is 9.38 Å². The Hall–Kier alpha value is -2.39. The van der Waals surface area contributed by atoms with Crippen molar-refractivity contribution in [2.45, 2.75) is 13.5 Å². The first-order valence-electron chi connectivity index (χ1n) is 7.66. The highest BCUT2D eigenvalue weighted by Crippen LogP contribution is 2.36. The molecule has 2 heterocycles. The fourth-order valence-corrected chi connectivity index (χ4v) is 3.67. The van der Waals surface area contributed by atoms with E-state index in [-0.39, 0.29) is 12.2 Å². The first kappa shape index (κ1) is 18.4. The van der Waals surface area contributed by atoms with Gasteiger partial charge in [0.2, 0.25) is 0 Å². The zero-order valence-electron chi connectivity index (χ0n) is 14.0. The number of aromatic nitrogens is 2. The van der Waals surface area contributed by atoms with E-state index in [4.69, 9.17) is 14.2 Å². The number of benzene rings is 1. The van der Waals surface area contributed by atoms with Crippen molar-refractivity contribution in [2.75, 3.05) is 13.7 Å². The quantitative estimate of drug-likeness (QED) is 0.549. The highest BCUT2D eigenvalue weighted by molar-refractivity contribution is 9.10. The normalized spacial score (nSPS) is 10.7. The molecule has 0 amide bonds. The zero-order chi connectivity index (χ0) is 18.7. The Morgan fingerprint density at radius 1 is 1.35 bits per heavy atom. The number of rotatable bonds is 6. The van der Waals surface area contributed by atoms with Gasteiger partial charge in [0.1, 0.15) is 6.61 Å². The molecule has 0 radical (unpaired) electrons. The smallest absolute Gasteiger partial charge is 0.338 e. The lowest BCUT2D eigenvalue weighted by atomic mass is 10.2. The Morgan fingerprint density at radius 3 is 2.88 bits per heavy atom. The Balaban J connectivity index is 1.80. The largest absolute Gasteiger partial charge is 0.492 e. The summed E-state index contributed by atoms with van der Waals surface area (Å²) in [6.07, 6.45) is 1.65. The number of nitrogens with zero attached hydrogens (tertiary/aromatic N) is 2. The van der Waals surface area contributed by atoms with Crippen molar-refractivity contribution < 1.29 is 19.0 Å². The number of carbonyl (C=O) groups excluding carboxylic acids is 1. The molecule has 3 rings (SSSR count). The second-order valence-corrected chi connectivity index (χ2v) is 6.87. The van der Waals surface area contributed by atoms with Gasteiger partial charge in [-0.3, -0.25) is 9.20 Å². The summed E-state index contributed by atoms with van der Waals surface area (Å²) in [5, 5.41) is 1.77. The van der Waals surface area contributed by atoms with Gasteiger partial charge in [0.15, 0.2) is 16.5 Å². The van der Waals surface area contributed by atoms with Crippen LogP contribution in [0.3, 0.4) is 0 Å². The predicted octanol–water partition coefficient (Wildman–Crippen LogP) is 3.28. The van der Waals surface area contributed by atoms with E-state index in [9.17, 15) is 9.59 Å². The van der Waals surface area contributed by atoms with Crippen LogP contribution in [0.2, 0.25) is 0 Å². The van der Waals surface area contributed by atoms with Gasteiger partial charge in [-0.15, -0.1) is 11.3 Å². The molecule has 9 heteroatoms. The zero-order valence-corrected chi connectivity index (χ0v) is 16.4. The highest BCUT2D eigenvalue weighted by Gasteiger charge is 2.17. The molecule has 0 bridgehead atoms. The molecular formula is C17H15BrN2O5S. The summed E-state index contributed by atoms with van der Waals surface area (Å²) in [5.74, 6) is 0.386. The standard InChI is InChI=1S/C17H15BrN2O5S/c1-3-24-13-7-10(6-12(18)15(13)23-2)16(22)25-9-11-8-14(21)20-4-5-26-17(20)19-11/h4-8H,3,9H2,1-2H3. The number of ether oxygens (including phenoxy) is 3. The van der Waals surface area contributed by atoms with Gasteiger partial charge in [-0.25, -0.2) is 9.78 Å². The van der Waals surface area contributed by atoms with Crippen molar-refractivity contribution in [2.24, 2.45) is 0 Å². The van der Waals surface area contributed by atoms with Crippen LogP contribution >= 0.6 is 27.3 Å². The lowest BCUT2D eigenvalue weighted by Gasteiger charge is -2.13. The third-order valence-corrected chi connectivity index (χ3v) is 4.80. The average molecular weight is 439 g/mol. The Kier molecular flexibility index (Phi) is 5.58. The highest BCUT2D eigenvalue weighted by atomic mass is 79.9. The molecule has 0 saturated heterocycles. The minimum absolute atomic E-state index is 0.101. The number of esters is 1. The number of thiazole rings is 1. The van der Waals surface area contributed by atoms with E-state index >= 15 is 0 Å². The van der Waals surface area contributed by atoms with E-state index in [0.29, 0.717) is 38.8 Å². The topological polar surface area (TPSA) is 79.1 Å². The molecular weight excluding hydrogens is 424 g/mol. The van der Waals surface area contributed by atoms with E-state index in [1.165, 1.54) is 28.9 Å². The molecule has 26 heavy (non-hydrogen) atoms. The Morgan fingerprint density at radius 2 is 2.15 bits per heavy atom. The van der Waals surface area contributed by atoms with Crippen LogP contribution in [0, 0.1) is 0 Å². The van der Waals surface area contributed by atoms with Crippen molar-refractivity contribution in [3.05, 3.63) is 55.9 Å². The van der Waals surface area contributed by atoms with Gasteiger partial charge in [0.05, 0.1) is 29.4 Å². The van der Waals surface area contributed by atoms with E-state index in [2.05, 4.69) is 20.9 Å². The second kappa shape index (κ2) is 7.88. The van der Waals surface area contributed by atoms with E-state index in [0.717, 1.165) is 0 Å². The molecule has 0 spiro atoms. The third-order valence-electron chi connectivity index (χ3n) is 3.46. The van der Waals surface area contributed by atoms with Gasteiger partial charge in [0.25, 0.3) is 5.56 Å². The SMILES string of the molecule is CCOc1cc(C(=O)OCc2cc(=O)n3ccsc3n2)cc(Br)c1OC. The molecule has 2 aromatic heterocycles. The summed E-state index contributed by atoms with van der Waals surface area (Å²) in [7, 11) is 1.52. The van der Waals surface area contributed by atoms with Crippen LogP contribution in [0.15, 0.2) is 39.0 Å². The summed E-state index contributed by atoms with van der Waals surface area (Å²) in [4.78, 5) is 29.2. The molecule has 0 aliphatic heterocycles. The number of carbonyl (C=O) groups is 1.